The minimum Gasteiger partial charge on any atom is -0.497 e. The summed E-state index contributed by atoms with van der Waals surface area (Å²) in [7, 11) is 1.46. The van der Waals surface area contributed by atoms with Crippen LogP contribution in [0.15, 0.2) is 23.2 Å². The summed E-state index contributed by atoms with van der Waals surface area (Å²) in [6.07, 6.45) is -4.57. The lowest BCUT2D eigenvalue weighted by Gasteiger charge is -2.12. The zero-order valence-corrected chi connectivity index (χ0v) is 12.0. The fraction of sp³-hybridized carbons (Fsp3) is 0.385. The smallest absolute Gasteiger partial charge is 0.451 e. The Morgan fingerprint density at radius 3 is 2.45 bits per heavy atom. The topological polar surface area (TPSA) is 35.0 Å². The van der Waals surface area contributed by atoms with Gasteiger partial charge in [-0.05, 0) is 12.1 Å². The van der Waals surface area contributed by atoms with E-state index < -0.39 is 12.0 Å². The van der Waals surface area contributed by atoms with Gasteiger partial charge in [0.25, 0.3) is 0 Å². The number of hydrogen-bond acceptors (Lipinski definition) is 4. The van der Waals surface area contributed by atoms with E-state index >= 15 is 0 Å². The second-order valence-electron chi connectivity index (χ2n) is 4.40. The van der Waals surface area contributed by atoms with Gasteiger partial charge in [-0.25, -0.2) is 9.97 Å². The molecule has 3 nitrogen and oxygen atoms in total. The quantitative estimate of drug-likeness (QED) is 0.630. The third-order valence-corrected chi connectivity index (χ3v) is 3.48. The molecule has 0 amide bonds. The number of rotatable bonds is 3. The van der Waals surface area contributed by atoms with E-state index in [9.17, 15) is 13.2 Å². The van der Waals surface area contributed by atoms with Crippen molar-refractivity contribution in [1.82, 2.24) is 9.97 Å². The van der Waals surface area contributed by atoms with E-state index in [0.717, 1.165) is 0 Å². The van der Waals surface area contributed by atoms with Crippen LogP contribution in [-0.2, 0) is 6.18 Å². The van der Waals surface area contributed by atoms with Crippen molar-refractivity contribution in [2.75, 3.05) is 7.11 Å². The molecule has 2 rings (SSSR count). The number of thioether (sulfide) groups is 1. The van der Waals surface area contributed by atoms with Gasteiger partial charge in [-0.1, -0.05) is 13.8 Å². The largest absolute Gasteiger partial charge is 0.497 e. The molecule has 0 saturated heterocycles. The van der Waals surface area contributed by atoms with Crippen LogP contribution >= 0.6 is 11.8 Å². The van der Waals surface area contributed by atoms with E-state index in [1.54, 1.807) is 12.1 Å². The van der Waals surface area contributed by atoms with E-state index in [-0.39, 0.29) is 10.8 Å². The second kappa shape index (κ2) is 5.47. The maximum Gasteiger partial charge on any atom is 0.451 e. The lowest BCUT2D eigenvalue weighted by Crippen LogP contribution is -2.12. The maximum absolute atomic E-state index is 12.9. The molecule has 0 N–H and O–H groups in total. The highest BCUT2D eigenvalue weighted by molar-refractivity contribution is 8.00. The third kappa shape index (κ3) is 3.15. The molecule has 0 spiro atoms. The number of fused-ring (bicyclic) bond motifs is 1. The van der Waals surface area contributed by atoms with E-state index in [1.165, 1.54) is 24.9 Å². The zero-order valence-electron chi connectivity index (χ0n) is 11.2. The lowest BCUT2D eigenvalue weighted by atomic mass is 10.2. The highest BCUT2D eigenvalue weighted by Crippen LogP contribution is 2.34. The predicted molar refractivity (Wildman–Crippen MR) is 72.1 cm³/mol. The first-order chi connectivity index (χ1) is 9.31. The Kier molecular flexibility index (Phi) is 4.08. The van der Waals surface area contributed by atoms with Crippen molar-refractivity contribution in [3.63, 3.8) is 0 Å². The number of aromatic nitrogens is 2. The Morgan fingerprint density at radius 1 is 1.20 bits per heavy atom. The monoisotopic (exact) mass is 302 g/mol. The van der Waals surface area contributed by atoms with Gasteiger partial charge in [0.1, 0.15) is 10.8 Å². The van der Waals surface area contributed by atoms with Gasteiger partial charge < -0.3 is 4.74 Å². The van der Waals surface area contributed by atoms with Gasteiger partial charge in [0.15, 0.2) is 0 Å². The van der Waals surface area contributed by atoms with Crippen LogP contribution in [-0.4, -0.2) is 22.3 Å². The van der Waals surface area contributed by atoms with Crippen molar-refractivity contribution in [3.05, 3.63) is 24.0 Å². The summed E-state index contributed by atoms with van der Waals surface area (Å²) in [5.74, 6) is -0.661. The molecule has 20 heavy (non-hydrogen) atoms. The molecule has 0 aliphatic carbocycles. The van der Waals surface area contributed by atoms with Gasteiger partial charge in [-0.3, -0.25) is 0 Å². The molecule has 7 heteroatoms. The fourth-order valence-corrected chi connectivity index (χ4v) is 2.53. The average Bonchev–Trinajstić information content (AvgIpc) is 2.36. The van der Waals surface area contributed by atoms with Crippen molar-refractivity contribution < 1.29 is 17.9 Å². The van der Waals surface area contributed by atoms with Crippen LogP contribution in [0.5, 0.6) is 5.75 Å². The van der Waals surface area contributed by atoms with Crippen LogP contribution in [0.3, 0.4) is 0 Å². The SMILES string of the molecule is COc1ccc2c(SC(C)C)nc(C(F)(F)F)nc2c1. The molecule has 0 atom stereocenters. The van der Waals surface area contributed by atoms with Crippen LogP contribution in [0.1, 0.15) is 19.7 Å². The molecule has 0 aliphatic heterocycles. The van der Waals surface area contributed by atoms with Crippen molar-refractivity contribution in [2.45, 2.75) is 30.3 Å². The number of methoxy groups -OCH3 is 1. The van der Waals surface area contributed by atoms with Crippen LogP contribution in [0.25, 0.3) is 10.9 Å². The number of halogens is 3. The molecular formula is C13H13F3N2OS. The van der Waals surface area contributed by atoms with Crippen LogP contribution in [0.4, 0.5) is 13.2 Å². The molecule has 0 aliphatic rings. The number of hydrogen-bond donors (Lipinski definition) is 0. The van der Waals surface area contributed by atoms with Crippen molar-refractivity contribution in [3.8, 4) is 5.75 Å². The van der Waals surface area contributed by atoms with Crippen molar-refractivity contribution >= 4 is 22.7 Å². The molecule has 0 unspecified atom stereocenters. The Hall–Kier alpha value is -1.50. The second-order valence-corrected chi connectivity index (χ2v) is 5.97. The molecule has 108 valence electrons. The van der Waals surface area contributed by atoms with Gasteiger partial charge in [0.05, 0.1) is 12.6 Å². The molecule has 1 aromatic carbocycles. The molecule has 0 fully saturated rings. The van der Waals surface area contributed by atoms with Gasteiger partial charge in [-0.2, -0.15) is 13.2 Å². The summed E-state index contributed by atoms with van der Waals surface area (Å²) in [5, 5.41) is 1.05. The third-order valence-electron chi connectivity index (χ3n) is 2.47. The van der Waals surface area contributed by atoms with Crippen LogP contribution in [0.2, 0.25) is 0 Å². The van der Waals surface area contributed by atoms with E-state index in [2.05, 4.69) is 9.97 Å². The number of ether oxygens (including phenoxy) is 1. The highest BCUT2D eigenvalue weighted by Gasteiger charge is 2.35. The average molecular weight is 302 g/mol. The van der Waals surface area contributed by atoms with E-state index in [4.69, 9.17) is 4.74 Å². The van der Waals surface area contributed by atoms with Crippen LogP contribution in [0, 0.1) is 0 Å². The van der Waals surface area contributed by atoms with E-state index in [1.807, 2.05) is 13.8 Å². The molecule has 2 aromatic rings. The van der Waals surface area contributed by atoms with E-state index in [0.29, 0.717) is 16.2 Å². The summed E-state index contributed by atoms with van der Waals surface area (Å²) in [6, 6.07) is 4.85. The minimum atomic E-state index is -4.57. The summed E-state index contributed by atoms with van der Waals surface area (Å²) >= 11 is 1.28. The molecular weight excluding hydrogens is 289 g/mol. The molecule has 0 saturated carbocycles. The zero-order chi connectivity index (χ0) is 14.9. The van der Waals surface area contributed by atoms with Crippen LogP contribution < -0.4 is 4.74 Å². The van der Waals surface area contributed by atoms with Crippen molar-refractivity contribution in [2.24, 2.45) is 0 Å². The standard InChI is InChI=1S/C13H13F3N2OS/c1-7(2)20-11-9-5-4-8(19-3)6-10(9)17-12(18-11)13(14,15)16/h4-7H,1-3H3. The fourth-order valence-electron chi connectivity index (χ4n) is 1.65. The summed E-state index contributed by atoms with van der Waals surface area (Å²) in [6.45, 7) is 3.80. The summed E-state index contributed by atoms with van der Waals surface area (Å²) < 4.78 is 43.6. The number of nitrogens with zero attached hydrogens (tertiary/aromatic N) is 2. The normalized spacial score (nSPS) is 12.2. The molecule has 0 radical (unpaired) electrons. The van der Waals surface area contributed by atoms with Gasteiger partial charge >= 0.3 is 6.18 Å². The summed E-state index contributed by atoms with van der Waals surface area (Å²) in [5.41, 5.74) is 0.231. The Balaban J connectivity index is 2.67. The first-order valence-corrected chi connectivity index (χ1v) is 6.79. The predicted octanol–water partition coefficient (Wildman–Crippen LogP) is 4.16. The Bertz CT molecular complexity index is 629. The summed E-state index contributed by atoms with van der Waals surface area (Å²) in [4.78, 5) is 7.25. The Morgan fingerprint density at radius 2 is 1.90 bits per heavy atom. The first kappa shape index (κ1) is 14.9. The minimum absolute atomic E-state index is 0.122. The van der Waals surface area contributed by atoms with Gasteiger partial charge in [0, 0.05) is 16.7 Å². The lowest BCUT2D eigenvalue weighted by molar-refractivity contribution is -0.145. The Labute approximate surface area is 118 Å². The van der Waals surface area contributed by atoms with Crippen molar-refractivity contribution in [1.29, 1.82) is 0 Å². The number of benzene rings is 1. The van der Waals surface area contributed by atoms with Gasteiger partial charge in [-0.15, -0.1) is 11.8 Å². The number of alkyl halides is 3. The van der Waals surface area contributed by atoms with Gasteiger partial charge in [0.2, 0.25) is 5.82 Å². The maximum atomic E-state index is 12.9. The molecule has 0 bridgehead atoms. The molecule has 1 aromatic heterocycles. The molecule has 1 heterocycles. The first-order valence-electron chi connectivity index (χ1n) is 5.91. The highest BCUT2D eigenvalue weighted by atomic mass is 32.2.